The number of benzene rings is 2. The van der Waals surface area contributed by atoms with Gasteiger partial charge in [-0.2, -0.15) is 0 Å². The van der Waals surface area contributed by atoms with E-state index in [0.29, 0.717) is 0 Å². The van der Waals surface area contributed by atoms with Crippen molar-refractivity contribution in [2.24, 2.45) is 0 Å². The molecule has 1 atom stereocenters. The molecule has 0 unspecified atom stereocenters. The van der Waals surface area contributed by atoms with Crippen molar-refractivity contribution in [2.45, 2.75) is 10.9 Å². The Balaban J connectivity index is 1.70. The lowest BCUT2D eigenvalue weighted by molar-refractivity contribution is -0.119. The van der Waals surface area contributed by atoms with Crippen molar-refractivity contribution in [3.8, 4) is 0 Å². The van der Waals surface area contributed by atoms with Gasteiger partial charge < -0.3 is 5.32 Å². The summed E-state index contributed by atoms with van der Waals surface area (Å²) < 4.78 is 26.9. The number of hydrogen-bond acceptors (Lipinski definition) is 3. The molecule has 2 nitrogen and oxygen atoms in total. The molecule has 3 aromatic rings. The van der Waals surface area contributed by atoms with Crippen molar-refractivity contribution in [1.82, 2.24) is 5.32 Å². The average molecular weight is 375 g/mol. The van der Waals surface area contributed by atoms with Crippen LogP contribution in [0.25, 0.3) is 0 Å². The van der Waals surface area contributed by atoms with Crippen molar-refractivity contribution in [1.29, 1.82) is 0 Å². The standard InChI is InChI=1S/C19H15F2NOS2/c20-14-8-9-15(21)17(11-14)25-12-18(23)22-19(16-7-4-10-24-16)13-5-2-1-3-6-13/h1-11,19H,12H2,(H,22,23)/t19-/m1/s1. The molecule has 1 aromatic heterocycles. The van der Waals surface area contributed by atoms with Crippen LogP contribution in [0.1, 0.15) is 16.5 Å². The summed E-state index contributed by atoms with van der Waals surface area (Å²) in [5.74, 6) is -1.28. The second kappa shape index (κ2) is 8.27. The third-order valence-corrected chi connectivity index (χ3v) is 5.49. The number of rotatable bonds is 6. The van der Waals surface area contributed by atoms with E-state index in [4.69, 9.17) is 0 Å². The first-order valence-electron chi connectivity index (χ1n) is 7.59. The molecule has 0 aliphatic carbocycles. The average Bonchev–Trinajstić information content (AvgIpc) is 3.15. The minimum Gasteiger partial charge on any atom is -0.344 e. The molecule has 1 N–H and O–H groups in total. The summed E-state index contributed by atoms with van der Waals surface area (Å²) in [7, 11) is 0. The number of thioether (sulfide) groups is 1. The maximum Gasteiger partial charge on any atom is 0.231 e. The molecule has 128 valence electrons. The molecule has 0 saturated heterocycles. The fraction of sp³-hybridized carbons (Fsp3) is 0.105. The summed E-state index contributed by atoms with van der Waals surface area (Å²) in [5.41, 5.74) is 0.972. The quantitative estimate of drug-likeness (QED) is 0.613. The molecule has 0 spiro atoms. The largest absolute Gasteiger partial charge is 0.344 e. The first kappa shape index (κ1) is 17.6. The van der Waals surface area contributed by atoms with Gasteiger partial charge in [-0.05, 0) is 35.2 Å². The summed E-state index contributed by atoms with van der Waals surface area (Å²) in [6.07, 6.45) is 0. The molecule has 0 bridgehead atoms. The SMILES string of the molecule is O=C(CSc1cc(F)ccc1F)N[C@H](c1ccccc1)c1cccs1. The predicted octanol–water partition coefficient (Wildman–Crippen LogP) is 5.02. The Kier molecular flexibility index (Phi) is 5.83. The van der Waals surface area contributed by atoms with E-state index in [2.05, 4.69) is 5.32 Å². The first-order chi connectivity index (χ1) is 12.1. The van der Waals surface area contributed by atoms with Gasteiger partial charge in [0.15, 0.2) is 0 Å². The number of halogens is 2. The van der Waals surface area contributed by atoms with Crippen molar-refractivity contribution in [3.05, 3.63) is 88.1 Å². The van der Waals surface area contributed by atoms with Gasteiger partial charge in [-0.1, -0.05) is 36.4 Å². The number of nitrogens with one attached hydrogen (secondary N) is 1. The summed E-state index contributed by atoms with van der Waals surface area (Å²) in [5, 5.41) is 4.93. The lowest BCUT2D eigenvalue weighted by Gasteiger charge is -2.18. The number of carbonyl (C=O) groups is 1. The van der Waals surface area contributed by atoms with E-state index in [0.717, 1.165) is 40.4 Å². The van der Waals surface area contributed by atoms with Crippen LogP contribution in [-0.4, -0.2) is 11.7 Å². The van der Waals surface area contributed by atoms with Crippen LogP contribution in [0.3, 0.4) is 0 Å². The maximum atomic E-state index is 13.7. The molecule has 0 aliphatic rings. The highest BCUT2D eigenvalue weighted by Gasteiger charge is 2.18. The summed E-state index contributed by atoms with van der Waals surface area (Å²) in [6.45, 7) is 0. The molecule has 0 fully saturated rings. The molecular formula is C19H15F2NOS2. The van der Waals surface area contributed by atoms with Crippen molar-refractivity contribution in [3.63, 3.8) is 0 Å². The molecule has 1 amide bonds. The zero-order valence-corrected chi connectivity index (χ0v) is 14.7. The van der Waals surface area contributed by atoms with Gasteiger partial charge in [-0.15, -0.1) is 23.1 Å². The van der Waals surface area contributed by atoms with E-state index in [1.807, 2.05) is 47.8 Å². The molecule has 3 rings (SSSR count). The fourth-order valence-corrected chi connectivity index (χ4v) is 3.93. The molecule has 0 saturated carbocycles. The summed E-state index contributed by atoms with van der Waals surface area (Å²) in [4.78, 5) is 13.5. The van der Waals surface area contributed by atoms with Gasteiger partial charge in [0, 0.05) is 9.77 Å². The summed E-state index contributed by atoms with van der Waals surface area (Å²) >= 11 is 2.54. The molecule has 0 aliphatic heterocycles. The van der Waals surface area contributed by atoms with E-state index in [9.17, 15) is 13.6 Å². The van der Waals surface area contributed by atoms with E-state index in [1.165, 1.54) is 0 Å². The highest BCUT2D eigenvalue weighted by molar-refractivity contribution is 8.00. The van der Waals surface area contributed by atoms with Crippen molar-refractivity contribution in [2.75, 3.05) is 5.75 Å². The van der Waals surface area contributed by atoms with E-state index >= 15 is 0 Å². The monoisotopic (exact) mass is 375 g/mol. The minimum absolute atomic E-state index is 0.00901. The third kappa shape index (κ3) is 4.67. The first-order valence-corrected chi connectivity index (χ1v) is 9.45. The molecule has 2 aromatic carbocycles. The smallest absolute Gasteiger partial charge is 0.231 e. The number of amides is 1. The van der Waals surface area contributed by atoms with Crippen LogP contribution in [-0.2, 0) is 4.79 Å². The fourth-order valence-electron chi connectivity index (χ4n) is 2.35. The molecule has 1 heterocycles. The Hall–Kier alpha value is -2.18. The highest BCUT2D eigenvalue weighted by atomic mass is 32.2. The van der Waals surface area contributed by atoms with Gasteiger partial charge in [0.1, 0.15) is 11.6 Å². The van der Waals surface area contributed by atoms with Crippen LogP contribution >= 0.6 is 23.1 Å². The highest BCUT2D eigenvalue weighted by Crippen LogP contribution is 2.27. The number of thiophene rings is 1. The van der Waals surface area contributed by atoms with Crippen LogP contribution in [0.2, 0.25) is 0 Å². The third-order valence-electron chi connectivity index (χ3n) is 3.52. The second-order valence-electron chi connectivity index (χ2n) is 5.29. The Bertz CT molecular complexity index is 838. The zero-order valence-electron chi connectivity index (χ0n) is 13.1. The van der Waals surface area contributed by atoms with Gasteiger partial charge in [0.25, 0.3) is 0 Å². The Morgan fingerprint density at radius 3 is 2.60 bits per heavy atom. The van der Waals surface area contributed by atoms with Crippen LogP contribution in [0, 0.1) is 11.6 Å². The molecule has 0 radical (unpaired) electrons. The van der Waals surface area contributed by atoms with E-state index in [-0.39, 0.29) is 22.6 Å². The van der Waals surface area contributed by atoms with Crippen molar-refractivity contribution < 1.29 is 13.6 Å². The molecule has 6 heteroatoms. The van der Waals surface area contributed by atoms with Crippen LogP contribution < -0.4 is 5.32 Å². The Morgan fingerprint density at radius 2 is 1.88 bits per heavy atom. The van der Waals surface area contributed by atoms with Crippen LogP contribution in [0.15, 0.2) is 70.9 Å². The summed E-state index contributed by atoms with van der Waals surface area (Å²) in [6, 6.07) is 16.5. The van der Waals surface area contributed by atoms with Gasteiger partial charge in [0.05, 0.1) is 11.8 Å². The topological polar surface area (TPSA) is 29.1 Å². The molecular weight excluding hydrogens is 360 g/mol. The van der Waals surface area contributed by atoms with Crippen molar-refractivity contribution >= 4 is 29.0 Å². The predicted molar refractivity (Wildman–Crippen MR) is 97.8 cm³/mol. The normalized spacial score (nSPS) is 11.9. The number of carbonyl (C=O) groups excluding carboxylic acids is 1. The number of hydrogen-bond donors (Lipinski definition) is 1. The second-order valence-corrected chi connectivity index (χ2v) is 7.29. The molecule has 25 heavy (non-hydrogen) atoms. The Morgan fingerprint density at radius 1 is 1.08 bits per heavy atom. The Labute approximate surface area is 152 Å². The lowest BCUT2D eigenvalue weighted by atomic mass is 10.1. The minimum atomic E-state index is -0.530. The van der Waals surface area contributed by atoms with Crippen LogP contribution in [0.4, 0.5) is 8.78 Å². The van der Waals surface area contributed by atoms with Gasteiger partial charge >= 0.3 is 0 Å². The van der Waals surface area contributed by atoms with Gasteiger partial charge in [-0.25, -0.2) is 8.78 Å². The zero-order chi connectivity index (χ0) is 17.6. The van der Waals surface area contributed by atoms with E-state index in [1.54, 1.807) is 11.3 Å². The van der Waals surface area contributed by atoms with Gasteiger partial charge in [-0.3, -0.25) is 4.79 Å². The van der Waals surface area contributed by atoms with E-state index < -0.39 is 11.6 Å². The lowest BCUT2D eigenvalue weighted by Crippen LogP contribution is -2.30. The van der Waals surface area contributed by atoms with Crippen LogP contribution in [0.5, 0.6) is 0 Å². The van der Waals surface area contributed by atoms with Gasteiger partial charge in [0.2, 0.25) is 5.91 Å². The maximum absolute atomic E-state index is 13.7.